The average molecular weight is 653 g/mol. The zero-order valence-electron chi connectivity index (χ0n) is 25.4. The number of rotatable bonds is 9. The van der Waals surface area contributed by atoms with E-state index in [1.54, 1.807) is 13.2 Å². The molecule has 3 amide bonds. The SMILES string of the molecule is COc1ccc(C(C)C)c(N2C(=O)CSC2=NC(=O)NCC(C)c2ccc(-c3ncn(-c4ccc(OC(F)(F)F)cc4)n3)cc2)c1. The van der Waals surface area contributed by atoms with Crippen LogP contribution in [0.1, 0.15) is 43.7 Å². The number of nitrogens with zero attached hydrogens (tertiary/aromatic N) is 5. The molecule has 0 saturated carbocycles. The fourth-order valence-electron chi connectivity index (χ4n) is 4.78. The number of aromatic nitrogens is 3. The van der Waals surface area contributed by atoms with Crippen molar-refractivity contribution in [1.29, 1.82) is 0 Å². The molecule has 1 saturated heterocycles. The van der Waals surface area contributed by atoms with E-state index in [-0.39, 0.29) is 29.2 Å². The first-order valence-corrected chi connectivity index (χ1v) is 15.3. The molecule has 1 fully saturated rings. The van der Waals surface area contributed by atoms with Crippen molar-refractivity contribution in [3.63, 3.8) is 0 Å². The summed E-state index contributed by atoms with van der Waals surface area (Å²) in [4.78, 5) is 35.7. The molecule has 14 heteroatoms. The second-order valence-electron chi connectivity index (χ2n) is 10.8. The van der Waals surface area contributed by atoms with Crippen LogP contribution in [0.4, 0.5) is 23.7 Å². The Morgan fingerprint density at radius 3 is 2.39 bits per heavy atom. The molecule has 4 aromatic rings. The average Bonchev–Trinajstić information content (AvgIpc) is 3.66. The van der Waals surface area contributed by atoms with E-state index in [4.69, 9.17) is 4.74 Å². The Kier molecular flexibility index (Phi) is 9.65. The van der Waals surface area contributed by atoms with Crippen molar-refractivity contribution < 1.29 is 32.2 Å². The summed E-state index contributed by atoms with van der Waals surface area (Å²) in [5, 5.41) is 7.58. The number of anilines is 1. The number of ether oxygens (including phenoxy) is 2. The van der Waals surface area contributed by atoms with E-state index in [1.165, 1.54) is 51.9 Å². The molecular formula is C32H31F3N6O4S. The third kappa shape index (κ3) is 7.68. The van der Waals surface area contributed by atoms with Crippen molar-refractivity contribution in [3.8, 4) is 28.6 Å². The summed E-state index contributed by atoms with van der Waals surface area (Å²) in [6.45, 7) is 6.34. The van der Waals surface area contributed by atoms with Crippen molar-refractivity contribution in [2.75, 3.05) is 24.3 Å². The Hall–Kier alpha value is -4.85. The predicted molar refractivity (Wildman–Crippen MR) is 170 cm³/mol. The Morgan fingerprint density at radius 1 is 1.04 bits per heavy atom. The Labute approximate surface area is 267 Å². The molecule has 0 radical (unpaired) electrons. The number of carbonyl (C=O) groups is 2. The molecule has 1 aromatic heterocycles. The minimum absolute atomic E-state index is 0.0546. The first-order chi connectivity index (χ1) is 21.9. The molecule has 2 heterocycles. The molecule has 46 heavy (non-hydrogen) atoms. The van der Waals surface area contributed by atoms with Gasteiger partial charge in [0, 0.05) is 18.2 Å². The molecule has 5 rings (SSSR count). The highest BCUT2D eigenvalue weighted by Gasteiger charge is 2.33. The first-order valence-electron chi connectivity index (χ1n) is 14.3. The summed E-state index contributed by atoms with van der Waals surface area (Å²) < 4.78 is 48.0. The van der Waals surface area contributed by atoms with Crippen molar-refractivity contribution in [2.24, 2.45) is 4.99 Å². The smallest absolute Gasteiger partial charge is 0.497 e. The fourth-order valence-corrected chi connectivity index (χ4v) is 5.64. The van der Waals surface area contributed by atoms with Crippen LogP contribution in [-0.4, -0.2) is 57.6 Å². The second-order valence-corrected chi connectivity index (χ2v) is 11.7. The quantitative estimate of drug-likeness (QED) is 0.209. The number of aliphatic imine (C=N–C) groups is 1. The van der Waals surface area contributed by atoms with Crippen LogP contribution >= 0.6 is 11.8 Å². The zero-order valence-corrected chi connectivity index (χ0v) is 26.2. The monoisotopic (exact) mass is 652 g/mol. The topological polar surface area (TPSA) is 111 Å². The van der Waals surface area contributed by atoms with Gasteiger partial charge in [-0.2, -0.15) is 4.99 Å². The van der Waals surface area contributed by atoms with Crippen LogP contribution in [0.5, 0.6) is 11.5 Å². The second kappa shape index (κ2) is 13.6. The number of nitrogens with one attached hydrogen (secondary N) is 1. The molecule has 1 aliphatic heterocycles. The van der Waals surface area contributed by atoms with E-state index in [0.29, 0.717) is 34.7 Å². The summed E-state index contributed by atoms with van der Waals surface area (Å²) in [5.74, 6) is 0.811. The van der Waals surface area contributed by atoms with Crippen LogP contribution in [0.25, 0.3) is 17.1 Å². The molecule has 1 N–H and O–H groups in total. The summed E-state index contributed by atoms with van der Waals surface area (Å²) >= 11 is 1.21. The number of methoxy groups -OCH3 is 1. The maximum atomic E-state index is 12.9. The standard InChI is InChI=1S/C32H31F3N6O4S/c1-19(2)26-14-13-25(44-4)15-27(26)41-28(42)17-46-31(41)38-30(43)36-16-20(3)21-5-7-22(8-6-21)29-37-18-40(39-29)23-9-11-24(12-10-23)45-32(33,34)35/h5-15,18-20H,16-17H2,1-4H3,(H,36,43). The third-order valence-electron chi connectivity index (χ3n) is 7.19. The molecule has 0 aliphatic carbocycles. The van der Waals surface area contributed by atoms with Gasteiger partial charge in [-0.1, -0.05) is 62.9 Å². The van der Waals surface area contributed by atoms with Gasteiger partial charge in [0.25, 0.3) is 0 Å². The van der Waals surface area contributed by atoms with E-state index in [1.807, 2.05) is 57.2 Å². The van der Waals surface area contributed by atoms with Gasteiger partial charge in [-0.25, -0.2) is 14.5 Å². The number of amidine groups is 1. The molecule has 0 spiro atoms. The van der Waals surface area contributed by atoms with E-state index in [2.05, 4.69) is 25.1 Å². The van der Waals surface area contributed by atoms with Gasteiger partial charge in [-0.05, 0) is 53.3 Å². The van der Waals surface area contributed by atoms with Crippen molar-refractivity contribution in [2.45, 2.75) is 39.0 Å². The van der Waals surface area contributed by atoms with Crippen LogP contribution < -0.4 is 19.7 Å². The van der Waals surface area contributed by atoms with Gasteiger partial charge in [0.15, 0.2) is 11.0 Å². The minimum Gasteiger partial charge on any atom is -0.497 e. The van der Waals surface area contributed by atoms with E-state index < -0.39 is 12.4 Å². The highest BCUT2D eigenvalue weighted by Crippen LogP contribution is 2.36. The lowest BCUT2D eigenvalue weighted by Gasteiger charge is -2.22. The Morgan fingerprint density at radius 2 is 1.74 bits per heavy atom. The number of amides is 3. The molecular weight excluding hydrogens is 621 g/mol. The maximum absolute atomic E-state index is 12.9. The number of carbonyl (C=O) groups excluding carboxylic acids is 2. The molecule has 1 atom stereocenters. The zero-order chi connectivity index (χ0) is 33.0. The van der Waals surface area contributed by atoms with Gasteiger partial charge in [0.05, 0.1) is 24.2 Å². The lowest BCUT2D eigenvalue weighted by Crippen LogP contribution is -2.33. The molecule has 3 aromatic carbocycles. The first kappa shape index (κ1) is 32.5. The fraction of sp³-hybridized carbons (Fsp3) is 0.281. The number of alkyl halides is 3. The third-order valence-corrected chi connectivity index (χ3v) is 8.11. The van der Waals surface area contributed by atoms with Crippen LogP contribution in [0.3, 0.4) is 0 Å². The van der Waals surface area contributed by atoms with E-state index in [9.17, 15) is 22.8 Å². The molecule has 1 aliphatic rings. The molecule has 1 unspecified atom stereocenters. The van der Waals surface area contributed by atoms with Gasteiger partial charge in [0.2, 0.25) is 5.91 Å². The van der Waals surface area contributed by atoms with Crippen LogP contribution in [0.15, 0.2) is 78.0 Å². The summed E-state index contributed by atoms with van der Waals surface area (Å²) in [6.07, 6.45) is -3.29. The Bertz CT molecular complexity index is 1740. The van der Waals surface area contributed by atoms with Crippen LogP contribution in [-0.2, 0) is 4.79 Å². The van der Waals surface area contributed by atoms with Gasteiger partial charge in [0.1, 0.15) is 17.8 Å². The van der Waals surface area contributed by atoms with Crippen molar-refractivity contribution in [1.82, 2.24) is 20.1 Å². The molecule has 240 valence electrons. The summed E-state index contributed by atoms with van der Waals surface area (Å²) in [6, 6.07) is 17.8. The summed E-state index contributed by atoms with van der Waals surface area (Å²) in [5.41, 5.74) is 3.81. The summed E-state index contributed by atoms with van der Waals surface area (Å²) in [7, 11) is 1.56. The largest absolute Gasteiger partial charge is 0.573 e. The number of thioether (sulfide) groups is 1. The lowest BCUT2D eigenvalue weighted by atomic mass is 10.00. The van der Waals surface area contributed by atoms with Crippen molar-refractivity contribution in [3.05, 3.63) is 84.2 Å². The predicted octanol–water partition coefficient (Wildman–Crippen LogP) is 6.91. The normalized spacial score (nSPS) is 15.0. The molecule has 10 nitrogen and oxygen atoms in total. The van der Waals surface area contributed by atoms with Crippen LogP contribution in [0, 0.1) is 0 Å². The number of urea groups is 1. The number of hydrogen-bond donors (Lipinski definition) is 1. The van der Waals surface area contributed by atoms with Gasteiger partial charge in [-0.3, -0.25) is 9.69 Å². The highest BCUT2D eigenvalue weighted by molar-refractivity contribution is 8.15. The number of hydrogen-bond acceptors (Lipinski definition) is 7. The van der Waals surface area contributed by atoms with Crippen molar-refractivity contribution >= 4 is 34.6 Å². The Balaban J connectivity index is 1.21. The lowest BCUT2D eigenvalue weighted by molar-refractivity contribution is -0.274. The van der Waals surface area contributed by atoms with Gasteiger partial charge in [-0.15, -0.1) is 18.3 Å². The van der Waals surface area contributed by atoms with Gasteiger partial charge < -0.3 is 14.8 Å². The minimum atomic E-state index is -4.76. The highest BCUT2D eigenvalue weighted by atomic mass is 32.2. The van der Waals surface area contributed by atoms with Gasteiger partial charge >= 0.3 is 12.4 Å². The van der Waals surface area contributed by atoms with E-state index in [0.717, 1.165) is 16.7 Å². The van der Waals surface area contributed by atoms with Crippen LogP contribution in [0.2, 0.25) is 0 Å². The molecule has 0 bridgehead atoms. The number of halogens is 3. The van der Waals surface area contributed by atoms with E-state index >= 15 is 0 Å². The maximum Gasteiger partial charge on any atom is 0.573 e. The number of benzene rings is 3.